The number of hydrogen-bond donors (Lipinski definition) is 0. The molecule has 5 nitrogen and oxygen atoms in total. The van der Waals surface area contributed by atoms with Crippen molar-refractivity contribution in [1.29, 1.82) is 0 Å². The van der Waals surface area contributed by atoms with Gasteiger partial charge in [0.05, 0.1) is 27.2 Å². The molecule has 1 heterocycles. The first-order valence-electron chi connectivity index (χ1n) is 10.3. The van der Waals surface area contributed by atoms with Crippen LogP contribution in [0.4, 0.5) is 0 Å². The second-order valence-corrected chi connectivity index (χ2v) is 7.43. The van der Waals surface area contributed by atoms with Crippen LogP contribution < -0.4 is 14.2 Å². The van der Waals surface area contributed by atoms with Crippen molar-refractivity contribution >= 4 is 5.91 Å². The van der Waals surface area contributed by atoms with Crippen LogP contribution in [0.1, 0.15) is 48.8 Å². The van der Waals surface area contributed by atoms with Crippen LogP contribution >= 0.6 is 0 Å². The van der Waals surface area contributed by atoms with Gasteiger partial charge in [0.25, 0.3) is 0 Å². The van der Waals surface area contributed by atoms with Crippen molar-refractivity contribution < 1.29 is 19.0 Å². The molecule has 156 valence electrons. The molecule has 3 rings (SSSR count). The number of amides is 1. The summed E-state index contributed by atoms with van der Waals surface area (Å²) in [5.41, 5.74) is 3.12. The fraction of sp³-hybridized carbons (Fsp3) is 0.458. The number of rotatable bonds is 9. The number of carbonyl (C=O) groups is 1. The summed E-state index contributed by atoms with van der Waals surface area (Å²) in [7, 11) is 4.84. The van der Waals surface area contributed by atoms with Crippen LogP contribution in [0.2, 0.25) is 0 Å². The molecule has 1 unspecified atom stereocenters. The summed E-state index contributed by atoms with van der Waals surface area (Å²) >= 11 is 0. The number of unbranched alkanes of at least 4 members (excludes halogenated alkanes) is 2. The number of benzene rings is 2. The second kappa shape index (κ2) is 9.68. The van der Waals surface area contributed by atoms with Gasteiger partial charge in [0.2, 0.25) is 11.7 Å². The molecule has 1 aliphatic rings. The van der Waals surface area contributed by atoms with E-state index in [4.69, 9.17) is 14.2 Å². The van der Waals surface area contributed by atoms with Crippen LogP contribution in [0, 0.1) is 0 Å². The molecule has 1 atom stereocenters. The molecule has 0 aliphatic carbocycles. The highest BCUT2D eigenvalue weighted by Gasteiger charge is 2.37. The van der Waals surface area contributed by atoms with Gasteiger partial charge >= 0.3 is 0 Å². The van der Waals surface area contributed by atoms with E-state index in [0.29, 0.717) is 30.2 Å². The number of nitrogens with zero attached hydrogens (tertiary/aromatic N) is 1. The van der Waals surface area contributed by atoms with Crippen molar-refractivity contribution in [3.8, 4) is 17.2 Å². The molecule has 0 saturated heterocycles. The van der Waals surface area contributed by atoms with E-state index in [1.165, 1.54) is 0 Å². The zero-order chi connectivity index (χ0) is 20.8. The minimum Gasteiger partial charge on any atom is -0.493 e. The average molecular weight is 398 g/mol. The minimum absolute atomic E-state index is 0.156. The molecule has 0 fully saturated rings. The first kappa shape index (κ1) is 21.0. The summed E-state index contributed by atoms with van der Waals surface area (Å²) in [6.45, 7) is 3.52. The Morgan fingerprint density at radius 3 is 2.34 bits per heavy atom. The Kier molecular flexibility index (Phi) is 7.02. The zero-order valence-electron chi connectivity index (χ0n) is 17.9. The van der Waals surface area contributed by atoms with Crippen molar-refractivity contribution in [2.24, 2.45) is 0 Å². The van der Waals surface area contributed by atoms with Crippen LogP contribution in [0.25, 0.3) is 0 Å². The third-order valence-corrected chi connectivity index (χ3v) is 5.59. The van der Waals surface area contributed by atoms with Crippen LogP contribution in [-0.2, 0) is 17.8 Å². The van der Waals surface area contributed by atoms with E-state index in [0.717, 1.165) is 42.5 Å². The number of fused-ring (bicyclic) bond motifs is 1. The van der Waals surface area contributed by atoms with E-state index in [1.807, 2.05) is 29.2 Å². The van der Waals surface area contributed by atoms with Gasteiger partial charge in [-0.2, -0.15) is 0 Å². The molecular formula is C24H31NO4. The van der Waals surface area contributed by atoms with Crippen molar-refractivity contribution in [3.63, 3.8) is 0 Å². The quantitative estimate of drug-likeness (QED) is 0.582. The fourth-order valence-electron chi connectivity index (χ4n) is 4.15. The highest BCUT2D eigenvalue weighted by Crippen LogP contribution is 2.48. The Morgan fingerprint density at radius 1 is 1.00 bits per heavy atom. The summed E-state index contributed by atoms with van der Waals surface area (Å²) in [6.07, 6.45) is 3.89. The summed E-state index contributed by atoms with van der Waals surface area (Å²) in [5, 5.41) is 0. The molecule has 0 saturated carbocycles. The third kappa shape index (κ3) is 4.34. The largest absolute Gasteiger partial charge is 0.493 e. The maximum absolute atomic E-state index is 13.5. The molecule has 5 heteroatoms. The van der Waals surface area contributed by atoms with Gasteiger partial charge in [-0.3, -0.25) is 4.79 Å². The lowest BCUT2D eigenvalue weighted by molar-refractivity contribution is -0.134. The Balaban J connectivity index is 2.08. The van der Waals surface area contributed by atoms with Gasteiger partial charge in [-0.1, -0.05) is 50.1 Å². The Hall–Kier alpha value is -2.69. The van der Waals surface area contributed by atoms with Gasteiger partial charge in [-0.05, 0) is 30.0 Å². The van der Waals surface area contributed by atoms with Gasteiger partial charge in [-0.25, -0.2) is 0 Å². The number of carbonyl (C=O) groups excluding carboxylic acids is 1. The summed E-state index contributed by atoms with van der Waals surface area (Å²) in [4.78, 5) is 15.5. The molecule has 2 aromatic carbocycles. The molecule has 29 heavy (non-hydrogen) atoms. The number of methoxy groups -OCH3 is 3. The SMILES string of the molecule is CCCCCN1Cc2cc(OC)c(OC)c(OC)c2C(Cc2ccccc2)C1=O. The van der Waals surface area contributed by atoms with Crippen molar-refractivity contribution in [1.82, 2.24) is 4.90 Å². The molecule has 0 spiro atoms. The smallest absolute Gasteiger partial charge is 0.230 e. The van der Waals surface area contributed by atoms with Crippen molar-refractivity contribution in [2.45, 2.75) is 45.1 Å². The van der Waals surface area contributed by atoms with E-state index < -0.39 is 0 Å². The summed E-state index contributed by atoms with van der Waals surface area (Å²) < 4.78 is 16.9. The summed E-state index contributed by atoms with van der Waals surface area (Å²) in [6, 6.07) is 12.1. The monoisotopic (exact) mass is 397 g/mol. The molecule has 0 bridgehead atoms. The van der Waals surface area contributed by atoms with Crippen LogP contribution in [0.5, 0.6) is 17.2 Å². The van der Waals surface area contributed by atoms with Gasteiger partial charge in [0.1, 0.15) is 0 Å². The highest BCUT2D eigenvalue weighted by atomic mass is 16.5. The number of ether oxygens (including phenoxy) is 3. The normalized spacial score (nSPS) is 15.8. The van der Waals surface area contributed by atoms with Crippen molar-refractivity contribution in [3.05, 3.63) is 53.1 Å². The lowest BCUT2D eigenvalue weighted by Gasteiger charge is -2.36. The standard InChI is InChI=1S/C24H31NO4/c1-5-6-10-13-25-16-18-15-20(27-2)22(28-3)23(29-4)21(18)19(24(25)26)14-17-11-8-7-9-12-17/h7-9,11-12,15,19H,5-6,10,13-14,16H2,1-4H3. The lowest BCUT2D eigenvalue weighted by Crippen LogP contribution is -2.41. The van der Waals surface area contributed by atoms with Crippen LogP contribution in [0.3, 0.4) is 0 Å². The van der Waals surface area contributed by atoms with Gasteiger partial charge in [0.15, 0.2) is 11.5 Å². The van der Waals surface area contributed by atoms with E-state index in [1.54, 1.807) is 21.3 Å². The Morgan fingerprint density at radius 2 is 1.72 bits per heavy atom. The van der Waals surface area contributed by atoms with Crippen LogP contribution in [-0.4, -0.2) is 38.7 Å². The zero-order valence-corrected chi connectivity index (χ0v) is 17.9. The van der Waals surface area contributed by atoms with E-state index in [2.05, 4.69) is 19.1 Å². The first-order chi connectivity index (χ1) is 14.1. The minimum atomic E-state index is -0.308. The van der Waals surface area contributed by atoms with Gasteiger partial charge in [0, 0.05) is 18.7 Å². The van der Waals surface area contributed by atoms with E-state index in [-0.39, 0.29) is 11.8 Å². The van der Waals surface area contributed by atoms with Crippen molar-refractivity contribution in [2.75, 3.05) is 27.9 Å². The molecule has 0 N–H and O–H groups in total. The maximum atomic E-state index is 13.5. The Bertz CT molecular complexity index is 835. The second-order valence-electron chi connectivity index (χ2n) is 7.43. The predicted molar refractivity (Wildman–Crippen MR) is 114 cm³/mol. The van der Waals surface area contributed by atoms with E-state index in [9.17, 15) is 4.79 Å². The topological polar surface area (TPSA) is 48.0 Å². The molecule has 1 amide bonds. The molecule has 0 aromatic heterocycles. The lowest BCUT2D eigenvalue weighted by atomic mass is 9.83. The predicted octanol–water partition coefficient (Wildman–Crippen LogP) is 4.57. The molecule has 2 aromatic rings. The fourth-order valence-corrected chi connectivity index (χ4v) is 4.15. The maximum Gasteiger partial charge on any atom is 0.230 e. The first-order valence-corrected chi connectivity index (χ1v) is 10.3. The number of hydrogen-bond acceptors (Lipinski definition) is 4. The van der Waals surface area contributed by atoms with E-state index >= 15 is 0 Å². The average Bonchev–Trinajstić information content (AvgIpc) is 2.75. The van der Waals surface area contributed by atoms with Gasteiger partial charge in [-0.15, -0.1) is 0 Å². The van der Waals surface area contributed by atoms with Crippen LogP contribution in [0.15, 0.2) is 36.4 Å². The molecule has 1 aliphatic heterocycles. The highest BCUT2D eigenvalue weighted by molar-refractivity contribution is 5.88. The van der Waals surface area contributed by atoms with Gasteiger partial charge < -0.3 is 19.1 Å². The summed E-state index contributed by atoms with van der Waals surface area (Å²) in [5.74, 6) is 1.62. The molecular weight excluding hydrogens is 366 g/mol. The Labute approximate surface area is 173 Å². The molecule has 0 radical (unpaired) electrons. The third-order valence-electron chi connectivity index (χ3n) is 5.59.